The van der Waals surface area contributed by atoms with Crippen molar-refractivity contribution in [2.24, 2.45) is 5.92 Å². The van der Waals surface area contributed by atoms with Crippen molar-refractivity contribution in [3.8, 4) is 0 Å². The van der Waals surface area contributed by atoms with Crippen LogP contribution in [0.5, 0.6) is 0 Å². The molecule has 3 rings (SSSR count). The molecule has 4 nitrogen and oxygen atoms in total. The lowest BCUT2D eigenvalue weighted by Gasteiger charge is -2.08. The molecule has 5 heteroatoms. The number of hydrogen-bond donors (Lipinski definition) is 2. The van der Waals surface area contributed by atoms with Crippen LogP contribution >= 0.6 is 11.3 Å². The van der Waals surface area contributed by atoms with Crippen LogP contribution in [0.2, 0.25) is 0 Å². The van der Waals surface area contributed by atoms with Gasteiger partial charge in [0.15, 0.2) is 0 Å². The topological polar surface area (TPSA) is 54.0 Å². The number of carbonyl (C=O) groups excluding carboxylic acids is 1. The van der Waals surface area contributed by atoms with Gasteiger partial charge in [-0.15, -0.1) is 11.3 Å². The average molecular weight is 315 g/mol. The Hall–Kier alpha value is -1.72. The van der Waals surface area contributed by atoms with Crippen LogP contribution in [0.25, 0.3) is 0 Å². The highest BCUT2D eigenvalue weighted by molar-refractivity contribution is 7.09. The predicted octanol–water partition coefficient (Wildman–Crippen LogP) is 2.46. The van der Waals surface area contributed by atoms with Crippen LogP contribution in [0.3, 0.4) is 0 Å². The molecule has 1 aliphatic rings. The molecule has 0 saturated carbocycles. The lowest BCUT2D eigenvalue weighted by atomic mass is 10.1. The molecule has 1 fully saturated rings. The summed E-state index contributed by atoms with van der Waals surface area (Å²) in [5.41, 5.74) is 1.76. The Morgan fingerprint density at radius 3 is 3.00 bits per heavy atom. The fraction of sp³-hybridized carbons (Fsp3) is 0.412. The summed E-state index contributed by atoms with van der Waals surface area (Å²) >= 11 is 1.55. The van der Waals surface area contributed by atoms with Crippen LogP contribution in [0.1, 0.15) is 33.9 Å². The molecule has 116 valence electrons. The first-order valence-corrected chi connectivity index (χ1v) is 8.66. The smallest absolute Gasteiger partial charge is 0.270 e. The summed E-state index contributed by atoms with van der Waals surface area (Å²) in [6, 6.07) is 10.2. The number of nitrogens with zero attached hydrogens (tertiary/aromatic N) is 1. The number of hydrogen-bond acceptors (Lipinski definition) is 4. The van der Waals surface area contributed by atoms with E-state index in [2.05, 4.69) is 27.8 Å². The number of amides is 1. The minimum absolute atomic E-state index is 0.0542. The summed E-state index contributed by atoms with van der Waals surface area (Å²) in [6.45, 7) is 2.91. The number of nitrogens with one attached hydrogen (secondary N) is 2. The van der Waals surface area contributed by atoms with E-state index in [1.807, 2.05) is 23.6 Å². The average Bonchev–Trinajstić information content (AvgIpc) is 3.20. The predicted molar refractivity (Wildman–Crippen MR) is 89.3 cm³/mol. The Labute approximate surface area is 135 Å². The molecule has 0 bridgehead atoms. The van der Waals surface area contributed by atoms with Gasteiger partial charge in [-0.2, -0.15) is 0 Å². The van der Waals surface area contributed by atoms with Crippen LogP contribution in [0.4, 0.5) is 0 Å². The Bertz CT molecular complexity index is 605. The number of benzene rings is 1. The summed E-state index contributed by atoms with van der Waals surface area (Å²) in [7, 11) is 0. The highest BCUT2D eigenvalue weighted by atomic mass is 32.1. The minimum Gasteiger partial charge on any atom is -0.351 e. The van der Waals surface area contributed by atoms with E-state index in [1.165, 1.54) is 12.0 Å². The second-order valence-electron chi connectivity index (χ2n) is 5.69. The van der Waals surface area contributed by atoms with Crippen molar-refractivity contribution in [1.82, 2.24) is 15.6 Å². The van der Waals surface area contributed by atoms with Gasteiger partial charge in [0.1, 0.15) is 5.69 Å². The van der Waals surface area contributed by atoms with Gasteiger partial charge in [0.05, 0.1) is 5.01 Å². The van der Waals surface area contributed by atoms with Gasteiger partial charge < -0.3 is 10.6 Å². The number of carbonyl (C=O) groups is 1. The monoisotopic (exact) mass is 315 g/mol. The van der Waals surface area contributed by atoms with Crippen LogP contribution in [0, 0.1) is 5.92 Å². The maximum Gasteiger partial charge on any atom is 0.270 e. The van der Waals surface area contributed by atoms with Crippen molar-refractivity contribution in [3.05, 3.63) is 52.0 Å². The van der Waals surface area contributed by atoms with E-state index in [9.17, 15) is 4.79 Å². The molecule has 1 aliphatic heterocycles. The molecule has 1 saturated heterocycles. The zero-order valence-corrected chi connectivity index (χ0v) is 13.4. The van der Waals surface area contributed by atoms with Crippen LogP contribution in [-0.4, -0.2) is 30.5 Å². The zero-order chi connectivity index (χ0) is 15.2. The maximum atomic E-state index is 12.1. The van der Waals surface area contributed by atoms with E-state index >= 15 is 0 Å². The van der Waals surface area contributed by atoms with Crippen molar-refractivity contribution < 1.29 is 4.79 Å². The lowest BCUT2D eigenvalue weighted by Crippen LogP contribution is -2.26. The molecular weight excluding hydrogens is 294 g/mol. The summed E-state index contributed by atoms with van der Waals surface area (Å²) < 4.78 is 0. The van der Waals surface area contributed by atoms with Crippen molar-refractivity contribution in [1.29, 1.82) is 0 Å². The fourth-order valence-corrected chi connectivity index (χ4v) is 3.52. The van der Waals surface area contributed by atoms with Crippen molar-refractivity contribution in [2.75, 3.05) is 19.6 Å². The van der Waals surface area contributed by atoms with Gasteiger partial charge >= 0.3 is 0 Å². The van der Waals surface area contributed by atoms with E-state index < -0.39 is 0 Å². The number of rotatable bonds is 6. The molecule has 2 aromatic rings. The van der Waals surface area contributed by atoms with Gasteiger partial charge in [-0.1, -0.05) is 30.3 Å². The van der Waals surface area contributed by atoms with Gasteiger partial charge in [-0.25, -0.2) is 4.98 Å². The van der Waals surface area contributed by atoms with Gasteiger partial charge in [-0.3, -0.25) is 4.79 Å². The first-order valence-electron chi connectivity index (χ1n) is 7.78. The highest BCUT2D eigenvalue weighted by Gasteiger charge is 2.15. The van der Waals surface area contributed by atoms with E-state index in [0.29, 0.717) is 11.6 Å². The molecule has 1 unspecified atom stereocenters. The standard InChI is InChI=1S/C17H21N3OS/c21-17(19-9-7-14-6-8-18-11-14)15-12-22-16(20-15)10-13-4-2-1-3-5-13/h1-5,12,14,18H,6-11H2,(H,19,21). The molecule has 2 heterocycles. The molecule has 1 amide bonds. The highest BCUT2D eigenvalue weighted by Crippen LogP contribution is 2.15. The second-order valence-corrected chi connectivity index (χ2v) is 6.63. The van der Waals surface area contributed by atoms with E-state index in [0.717, 1.165) is 37.5 Å². The molecule has 0 spiro atoms. The quantitative estimate of drug-likeness (QED) is 0.861. The Morgan fingerprint density at radius 2 is 2.23 bits per heavy atom. The first-order chi connectivity index (χ1) is 10.8. The zero-order valence-electron chi connectivity index (χ0n) is 12.5. The molecule has 1 aromatic carbocycles. The van der Waals surface area contributed by atoms with Gasteiger partial charge in [-0.05, 0) is 37.4 Å². The van der Waals surface area contributed by atoms with Crippen molar-refractivity contribution >= 4 is 17.2 Å². The molecule has 0 radical (unpaired) electrons. The lowest BCUT2D eigenvalue weighted by molar-refractivity contribution is 0.0947. The molecule has 22 heavy (non-hydrogen) atoms. The van der Waals surface area contributed by atoms with E-state index in [1.54, 1.807) is 11.3 Å². The van der Waals surface area contributed by atoms with Crippen LogP contribution in [-0.2, 0) is 6.42 Å². The van der Waals surface area contributed by atoms with Crippen molar-refractivity contribution in [2.45, 2.75) is 19.3 Å². The van der Waals surface area contributed by atoms with Gasteiger partial charge in [0.2, 0.25) is 0 Å². The van der Waals surface area contributed by atoms with E-state index in [4.69, 9.17) is 0 Å². The Balaban J connectivity index is 1.48. The molecule has 2 N–H and O–H groups in total. The largest absolute Gasteiger partial charge is 0.351 e. The normalized spacial score (nSPS) is 17.5. The number of aromatic nitrogens is 1. The third-order valence-corrected chi connectivity index (χ3v) is 4.83. The summed E-state index contributed by atoms with van der Waals surface area (Å²) in [5.74, 6) is 0.644. The summed E-state index contributed by atoms with van der Waals surface area (Å²) in [4.78, 5) is 16.6. The molecule has 1 aromatic heterocycles. The number of thiazole rings is 1. The van der Waals surface area contributed by atoms with Crippen molar-refractivity contribution in [3.63, 3.8) is 0 Å². The fourth-order valence-electron chi connectivity index (χ4n) is 2.71. The first kappa shape index (κ1) is 15.2. The second kappa shape index (κ2) is 7.51. The molecular formula is C17H21N3OS. The third-order valence-electron chi connectivity index (χ3n) is 3.98. The Morgan fingerprint density at radius 1 is 1.36 bits per heavy atom. The molecule has 0 aliphatic carbocycles. The minimum atomic E-state index is -0.0542. The summed E-state index contributed by atoms with van der Waals surface area (Å²) in [5, 5.41) is 9.16. The van der Waals surface area contributed by atoms with Gasteiger partial charge in [0.25, 0.3) is 5.91 Å². The van der Waals surface area contributed by atoms with E-state index in [-0.39, 0.29) is 5.91 Å². The maximum absolute atomic E-state index is 12.1. The Kier molecular flexibility index (Phi) is 5.19. The SMILES string of the molecule is O=C(NCCC1CCNC1)c1csc(Cc2ccccc2)n1. The third kappa shape index (κ3) is 4.15. The molecule has 1 atom stereocenters. The van der Waals surface area contributed by atoms with Gasteiger partial charge in [0, 0.05) is 18.3 Å². The summed E-state index contributed by atoms with van der Waals surface area (Å²) in [6.07, 6.45) is 3.04. The van der Waals surface area contributed by atoms with Crippen LogP contribution in [0.15, 0.2) is 35.7 Å². The van der Waals surface area contributed by atoms with Crippen LogP contribution < -0.4 is 10.6 Å².